The molecule has 3 rings (SSSR count). The van der Waals surface area contributed by atoms with Crippen molar-refractivity contribution in [3.63, 3.8) is 0 Å². The predicted octanol–water partition coefficient (Wildman–Crippen LogP) is 4.86. The van der Waals surface area contributed by atoms with E-state index < -0.39 is 0 Å². The summed E-state index contributed by atoms with van der Waals surface area (Å²) in [5, 5.41) is 2.79. The zero-order chi connectivity index (χ0) is 22.9. The number of nitrogens with zero attached hydrogens (tertiary/aromatic N) is 1. The van der Waals surface area contributed by atoms with Crippen molar-refractivity contribution >= 4 is 57.8 Å². The Morgan fingerprint density at radius 2 is 2.00 bits per heavy atom. The van der Waals surface area contributed by atoms with Gasteiger partial charge in [0.15, 0.2) is 0 Å². The van der Waals surface area contributed by atoms with Gasteiger partial charge in [0.2, 0.25) is 5.91 Å². The number of furan rings is 1. The number of esters is 1. The number of thioether (sulfide) groups is 1. The summed E-state index contributed by atoms with van der Waals surface area (Å²) < 4.78 is 10.9. The smallest absolute Gasteiger partial charge is 0.338 e. The largest absolute Gasteiger partial charge is 0.465 e. The van der Waals surface area contributed by atoms with Crippen molar-refractivity contribution < 1.29 is 23.5 Å². The molecule has 2 heterocycles. The van der Waals surface area contributed by atoms with E-state index in [1.807, 2.05) is 6.92 Å². The molecule has 0 unspecified atom stereocenters. The number of ether oxygens (including phenoxy) is 1. The highest BCUT2D eigenvalue weighted by Crippen LogP contribution is 2.32. The summed E-state index contributed by atoms with van der Waals surface area (Å²) in [6, 6.07) is 10.1. The molecule has 0 spiro atoms. The van der Waals surface area contributed by atoms with Crippen LogP contribution in [0, 0.1) is 0 Å². The number of benzene rings is 1. The molecule has 168 valence electrons. The van der Waals surface area contributed by atoms with E-state index in [1.165, 1.54) is 22.9 Å². The Kier molecular flexibility index (Phi) is 8.64. The summed E-state index contributed by atoms with van der Waals surface area (Å²) in [6.45, 7) is 2.78. The number of rotatable bonds is 10. The van der Waals surface area contributed by atoms with Gasteiger partial charge in [-0.15, -0.1) is 0 Å². The molecule has 0 bridgehead atoms. The Labute approximate surface area is 196 Å². The van der Waals surface area contributed by atoms with Crippen LogP contribution in [0.3, 0.4) is 0 Å². The average molecular weight is 473 g/mol. The van der Waals surface area contributed by atoms with Gasteiger partial charge in [-0.25, -0.2) is 4.79 Å². The number of unbranched alkanes of at least 4 members (excludes halogenated alkanes) is 1. The van der Waals surface area contributed by atoms with Crippen LogP contribution in [-0.2, 0) is 14.3 Å². The molecule has 0 saturated carbocycles. The summed E-state index contributed by atoms with van der Waals surface area (Å²) in [7, 11) is 0. The Balaban J connectivity index is 1.43. The van der Waals surface area contributed by atoms with E-state index in [4.69, 9.17) is 21.4 Å². The molecule has 32 heavy (non-hydrogen) atoms. The normalized spacial score (nSPS) is 14.8. The third-order valence-electron chi connectivity index (χ3n) is 4.61. The molecule has 2 aromatic rings. The van der Waals surface area contributed by atoms with Crippen molar-refractivity contribution in [3.8, 4) is 0 Å². The molecular weight excluding hydrogens is 448 g/mol. The van der Waals surface area contributed by atoms with Crippen molar-refractivity contribution in [3.05, 3.63) is 58.9 Å². The van der Waals surface area contributed by atoms with Crippen LogP contribution in [0.25, 0.3) is 6.08 Å². The molecule has 1 aliphatic heterocycles. The first-order valence-corrected chi connectivity index (χ1v) is 11.6. The molecule has 0 radical (unpaired) electrons. The Morgan fingerprint density at radius 3 is 2.69 bits per heavy atom. The SMILES string of the molecule is CCCCOC(=O)c1ccc(NC(=O)CCCN2C(=O)/C(=C\c3ccco3)SC2=S)cc1. The highest BCUT2D eigenvalue weighted by molar-refractivity contribution is 8.26. The second-order valence-corrected chi connectivity index (χ2v) is 8.74. The third kappa shape index (κ3) is 6.54. The van der Waals surface area contributed by atoms with E-state index in [1.54, 1.807) is 42.5 Å². The van der Waals surface area contributed by atoms with Gasteiger partial charge in [0.05, 0.1) is 23.3 Å². The lowest BCUT2D eigenvalue weighted by molar-refractivity contribution is -0.122. The maximum atomic E-state index is 12.5. The van der Waals surface area contributed by atoms with Crippen LogP contribution in [0.2, 0.25) is 0 Å². The molecule has 7 nitrogen and oxygen atoms in total. The minimum atomic E-state index is -0.374. The molecule has 1 aliphatic rings. The Hall–Kier alpha value is -2.91. The first-order valence-electron chi connectivity index (χ1n) is 10.3. The summed E-state index contributed by atoms with van der Waals surface area (Å²) >= 11 is 6.52. The van der Waals surface area contributed by atoms with E-state index in [0.717, 1.165) is 12.8 Å². The van der Waals surface area contributed by atoms with Gasteiger partial charge in [0.25, 0.3) is 5.91 Å². The fourth-order valence-electron chi connectivity index (χ4n) is 2.90. The number of nitrogens with one attached hydrogen (secondary N) is 1. The summed E-state index contributed by atoms with van der Waals surface area (Å²) in [5.74, 6) is -0.149. The van der Waals surface area contributed by atoms with Crippen LogP contribution in [0.5, 0.6) is 0 Å². The van der Waals surface area contributed by atoms with E-state index in [2.05, 4.69) is 5.32 Å². The Bertz CT molecular complexity index is 1000. The third-order valence-corrected chi connectivity index (χ3v) is 5.99. The summed E-state index contributed by atoms with van der Waals surface area (Å²) in [5.41, 5.74) is 1.03. The average Bonchev–Trinajstić information content (AvgIpc) is 3.38. The minimum absolute atomic E-state index is 0.181. The second kappa shape index (κ2) is 11.6. The first-order chi connectivity index (χ1) is 15.5. The van der Waals surface area contributed by atoms with Crippen molar-refractivity contribution in [1.82, 2.24) is 4.90 Å². The number of anilines is 1. The monoisotopic (exact) mass is 472 g/mol. The van der Waals surface area contributed by atoms with Gasteiger partial charge in [-0.1, -0.05) is 37.3 Å². The second-order valence-electron chi connectivity index (χ2n) is 7.07. The molecule has 1 fully saturated rings. The molecule has 1 N–H and O–H groups in total. The zero-order valence-electron chi connectivity index (χ0n) is 17.7. The lowest BCUT2D eigenvalue weighted by Gasteiger charge is -2.14. The number of carbonyl (C=O) groups is 3. The summed E-state index contributed by atoms with van der Waals surface area (Å²) in [4.78, 5) is 38.7. The number of hydrogen-bond acceptors (Lipinski definition) is 7. The molecule has 0 aliphatic carbocycles. The van der Waals surface area contributed by atoms with E-state index in [-0.39, 0.29) is 24.2 Å². The van der Waals surface area contributed by atoms with Gasteiger partial charge in [-0.2, -0.15) is 0 Å². The van der Waals surface area contributed by atoms with Crippen molar-refractivity contribution in [2.24, 2.45) is 0 Å². The quantitative estimate of drug-likeness (QED) is 0.229. The van der Waals surface area contributed by atoms with Crippen LogP contribution in [0.1, 0.15) is 48.7 Å². The molecule has 2 amide bonds. The van der Waals surface area contributed by atoms with Gasteiger partial charge in [0, 0.05) is 24.7 Å². The van der Waals surface area contributed by atoms with E-state index in [0.29, 0.717) is 45.8 Å². The van der Waals surface area contributed by atoms with Gasteiger partial charge < -0.3 is 14.5 Å². The van der Waals surface area contributed by atoms with Crippen LogP contribution in [0.4, 0.5) is 5.69 Å². The van der Waals surface area contributed by atoms with Crippen LogP contribution < -0.4 is 5.32 Å². The lowest BCUT2D eigenvalue weighted by atomic mass is 10.2. The van der Waals surface area contributed by atoms with Gasteiger partial charge in [-0.3, -0.25) is 14.5 Å². The van der Waals surface area contributed by atoms with Crippen molar-refractivity contribution in [2.75, 3.05) is 18.5 Å². The first kappa shape index (κ1) is 23.7. The number of thiocarbonyl (C=S) groups is 1. The van der Waals surface area contributed by atoms with Crippen LogP contribution in [0.15, 0.2) is 52.0 Å². The van der Waals surface area contributed by atoms with Crippen LogP contribution in [-0.4, -0.2) is 40.2 Å². The fourth-order valence-corrected chi connectivity index (χ4v) is 4.19. The molecule has 1 saturated heterocycles. The molecular formula is C23H24N2O5S2. The van der Waals surface area contributed by atoms with Crippen molar-refractivity contribution in [2.45, 2.75) is 32.6 Å². The van der Waals surface area contributed by atoms with Gasteiger partial charge in [-0.05, 0) is 49.2 Å². The standard InChI is InChI=1S/C23H24N2O5S2/c1-2-3-13-30-22(28)16-8-10-17(11-9-16)24-20(26)7-4-12-25-21(27)19(32-23(25)31)15-18-6-5-14-29-18/h5-6,8-11,14-15H,2-4,7,12-13H2,1H3,(H,24,26)/b19-15+. The Morgan fingerprint density at radius 1 is 1.22 bits per heavy atom. The molecule has 1 aromatic carbocycles. The van der Waals surface area contributed by atoms with Crippen molar-refractivity contribution in [1.29, 1.82) is 0 Å². The minimum Gasteiger partial charge on any atom is -0.465 e. The van der Waals surface area contributed by atoms with Gasteiger partial charge in [0.1, 0.15) is 10.1 Å². The highest BCUT2D eigenvalue weighted by atomic mass is 32.2. The summed E-state index contributed by atoms with van der Waals surface area (Å²) in [6.07, 6.45) is 5.68. The fraction of sp³-hybridized carbons (Fsp3) is 0.304. The highest BCUT2D eigenvalue weighted by Gasteiger charge is 2.31. The zero-order valence-corrected chi connectivity index (χ0v) is 19.3. The van der Waals surface area contributed by atoms with Crippen LogP contribution >= 0.6 is 24.0 Å². The number of amides is 2. The molecule has 0 atom stereocenters. The van der Waals surface area contributed by atoms with E-state index in [9.17, 15) is 14.4 Å². The van der Waals surface area contributed by atoms with Gasteiger partial charge >= 0.3 is 5.97 Å². The molecule has 1 aromatic heterocycles. The molecule has 9 heteroatoms. The predicted molar refractivity (Wildman–Crippen MR) is 128 cm³/mol. The van der Waals surface area contributed by atoms with E-state index >= 15 is 0 Å². The topological polar surface area (TPSA) is 88.9 Å². The maximum absolute atomic E-state index is 12.5. The lowest BCUT2D eigenvalue weighted by Crippen LogP contribution is -2.29. The number of hydrogen-bond donors (Lipinski definition) is 1. The maximum Gasteiger partial charge on any atom is 0.338 e. The number of carbonyl (C=O) groups excluding carboxylic acids is 3.